The van der Waals surface area contributed by atoms with Gasteiger partial charge in [-0.3, -0.25) is 0 Å². The Labute approximate surface area is 146 Å². The average Bonchev–Trinajstić information content (AvgIpc) is 2.65. The van der Waals surface area contributed by atoms with E-state index in [1.807, 2.05) is 30.3 Å². The van der Waals surface area contributed by atoms with Gasteiger partial charge in [-0.25, -0.2) is 14.6 Å². The number of ether oxygens (including phenoxy) is 2. The minimum Gasteiger partial charge on any atom is -0.461 e. The molecule has 1 amide bonds. The summed E-state index contributed by atoms with van der Waals surface area (Å²) < 4.78 is 10.0. The molecule has 1 aromatic carbocycles. The first-order valence-electron chi connectivity index (χ1n) is 7.94. The summed E-state index contributed by atoms with van der Waals surface area (Å²) in [5.41, 5.74) is 1.78. The van der Waals surface area contributed by atoms with E-state index < -0.39 is 12.1 Å². The lowest BCUT2D eigenvalue weighted by molar-refractivity contribution is 0.0519. The van der Waals surface area contributed by atoms with Gasteiger partial charge in [-0.15, -0.1) is 0 Å². The Morgan fingerprint density at radius 2 is 1.88 bits per heavy atom. The predicted octanol–water partition coefficient (Wildman–Crippen LogP) is 3.20. The van der Waals surface area contributed by atoms with Crippen molar-refractivity contribution in [2.75, 3.05) is 13.2 Å². The number of carbonyl (C=O) groups excluding carboxylic acids is 2. The SMILES string of the molecule is CCOC(=O)c1cccc(C=CCNC(=O)OCc2ccccc2)n1. The fourth-order valence-electron chi connectivity index (χ4n) is 1.96. The van der Waals surface area contributed by atoms with Crippen molar-refractivity contribution in [1.82, 2.24) is 10.3 Å². The molecule has 0 unspecified atom stereocenters. The first kappa shape index (κ1) is 18.2. The Bertz CT molecular complexity index is 729. The molecule has 0 saturated heterocycles. The van der Waals surface area contributed by atoms with Crippen LogP contribution in [0, 0.1) is 0 Å². The molecule has 0 aliphatic heterocycles. The maximum absolute atomic E-state index is 11.6. The third-order valence-corrected chi connectivity index (χ3v) is 3.12. The first-order valence-corrected chi connectivity index (χ1v) is 7.94. The molecule has 0 saturated carbocycles. The van der Waals surface area contributed by atoms with Crippen LogP contribution in [0.15, 0.2) is 54.6 Å². The van der Waals surface area contributed by atoms with Gasteiger partial charge >= 0.3 is 12.1 Å². The summed E-state index contributed by atoms with van der Waals surface area (Å²) in [4.78, 5) is 27.4. The second-order valence-electron chi connectivity index (χ2n) is 5.01. The third-order valence-electron chi connectivity index (χ3n) is 3.12. The number of pyridine rings is 1. The number of nitrogens with zero attached hydrogens (tertiary/aromatic N) is 1. The van der Waals surface area contributed by atoms with Crippen molar-refractivity contribution in [3.05, 3.63) is 71.6 Å². The van der Waals surface area contributed by atoms with Crippen LogP contribution in [0.25, 0.3) is 6.08 Å². The molecule has 0 aliphatic rings. The molecule has 130 valence electrons. The Hall–Kier alpha value is -3.15. The minimum atomic E-state index is -0.498. The van der Waals surface area contributed by atoms with Gasteiger partial charge < -0.3 is 14.8 Å². The van der Waals surface area contributed by atoms with E-state index in [0.717, 1.165) is 5.56 Å². The van der Waals surface area contributed by atoms with Crippen LogP contribution in [0.1, 0.15) is 28.7 Å². The summed E-state index contributed by atoms with van der Waals surface area (Å²) in [5.74, 6) is -0.458. The van der Waals surface area contributed by atoms with Gasteiger partial charge in [0.15, 0.2) is 0 Å². The van der Waals surface area contributed by atoms with E-state index >= 15 is 0 Å². The van der Waals surface area contributed by atoms with Crippen LogP contribution in [0.4, 0.5) is 4.79 Å². The predicted molar refractivity (Wildman–Crippen MR) is 93.9 cm³/mol. The van der Waals surface area contributed by atoms with Crippen molar-refractivity contribution < 1.29 is 19.1 Å². The summed E-state index contributed by atoms with van der Waals surface area (Å²) in [7, 11) is 0. The topological polar surface area (TPSA) is 77.5 Å². The molecule has 2 aromatic rings. The van der Waals surface area contributed by atoms with Crippen LogP contribution < -0.4 is 5.32 Å². The van der Waals surface area contributed by atoms with E-state index in [0.29, 0.717) is 18.8 Å². The largest absolute Gasteiger partial charge is 0.461 e. The van der Waals surface area contributed by atoms with E-state index in [-0.39, 0.29) is 12.3 Å². The monoisotopic (exact) mass is 340 g/mol. The summed E-state index contributed by atoms with van der Waals surface area (Å²) in [6.45, 7) is 2.55. The molecule has 1 aromatic heterocycles. The number of hydrogen-bond donors (Lipinski definition) is 1. The number of amides is 1. The molecule has 0 atom stereocenters. The van der Waals surface area contributed by atoms with Gasteiger partial charge in [0.1, 0.15) is 12.3 Å². The van der Waals surface area contributed by atoms with Gasteiger partial charge in [0.25, 0.3) is 0 Å². The van der Waals surface area contributed by atoms with Crippen LogP contribution in [0.2, 0.25) is 0 Å². The van der Waals surface area contributed by atoms with Crippen LogP contribution >= 0.6 is 0 Å². The van der Waals surface area contributed by atoms with Gasteiger partial charge in [0, 0.05) is 6.54 Å². The van der Waals surface area contributed by atoms with Crippen molar-refractivity contribution in [1.29, 1.82) is 0 Å². The van der Waals surface area contributed by atoms with E-state index in [1.165, 1.54) is 0 Å². The van der Waals surface area contributed by atoms with E-state index in [9.17, 15) is 9.59 Å². The molecule has 2 rings (SSSR count). The van der Waals surface area contributed by atoms with Crippen molar-refractivity contribution >= 4 is 18.1 Å². The van der Waals surface area contributed by atoms with Crippen molar-refractivity contribution in [3.63, 3.8) is 0 Å². The maximum Gasteiger partial charge on any atom is 0.407 e. The highest BCUT2D eigenvalue weighted by atomic mass is 16.5. The Morgan fingerprint density at radius 3 is 2.64 bits per heavy atom. The highest BCUT2D eigenvalue weighted by Gasteiger charge is 2.07. The normalized spacial score (nSPS) is 10.4. The molecule has 6 nitrogen and oxygen atoms in total. The Morgan fingerprint density at radius 1 is 1.08 bits per heavy atom. The zero-order valence-electron chi connectivity index (χ0n) is 14.0. The third kappa shape index (κ3) is 6.47. The van der Waals surface area contributed by atoms with E-state index in [1.54, 1.807) is 37.3 Å². The van der Waals surface area contributed by atoms with Crippen LogP contribution in [0.3, 0.4) is 0 Å². The second-order valence-corrected chi connectivity index (χ2v) is 5.01. The van der Waals surface area contributed by atoms with Crippen LogP contribution in [0.5, 0.6) is 0 Å². The zero-order chi connectivity index (χ0) is 17.9. The van der Waals surface area contributed by atoms with Crippen LogP contribution in [-0.4, -0.2) is 30.2 Å². The van der Waals surface area contributed by atoms with Gasteiger partial charge in [-0.05, 0) is 30.7 Å². The summed E-state index contributed by atoms with van der Waals surface area (Å²) in [6.07, 6.45) is 2.93. The minimum absolute atomic E-state index is 0.222. The fourth-order valence-corrected chi connectivity index (χ4v) is 1.96. The highest BCUT2D eigenvalue weighted by Crippen LogP contribution is 2.04. The van der Waals surface area contributed by atoms with E-state index in [2.05, 4.69) is 10.3 Å². The molecular formula is C19H20N2O4. The molecule has 0 bridgehead atoms. The van der Waals surface area contributed by atoms with Crippen molar-refractivity contribution in [2.24, 2.45) is 0 Å². The quantitative estimate of drug-likeness (QED) is 0.783. The van der Waals surface area contributed by atoms with Crippen LogP contribution in [-0.2, 0) is 16.1 Å². The number of esters is 1. The lowest BCUT2D eigenvalue weighted by atomic mass is 10.2. The van der Waals surface area contributed by atoms with E-state index in [4.69, 9.17) is 9.47 Å². The van der Waals surface area contributed by atoms with Gasteiger partial charge in [-0.1, -0.05) is 42.5 Å². The lowest BCUT2D eigenvalue weighted by Crippen LogP contribution is -2.24. The Kier molecular flexibility index (Phi) is 7.18. The molecule has 0 aliphatic carbocycles. The van der Waals surface area contributed by atoms with Crippen molar-refractivity contribution in [2.45, 2.75) is 13.5 Å². The maximum atomic E-state index is 11.6. The van der Waals surface area contributed by atoms with Gasteiger partial charge in [0.2, 0.25) is 0 Å². The average molecular weight is 340 g/mol. The molecule has 25 heavy (non-hydrogen) atoms. The smallest absolute Gasteiger partial charge is 0.407 e. The first-order chi connectivity index (χ1) is 12.2. The number of hydrogen-bond acceptors (Lipinski definition) is 5. The fraction of sp³-hybridized carbons (Fsp3) is 0.211. The molecule has 0 spiro atoms. The number of nitrogens with one attached hydrogen (secondary N) is 1. The molecule has 6 heteroatoms. The summed E-state index contributed by atoms with van der Waals surface area (Å²) >= 11 is 0. The number of alkyl carbamates (subject to hydrolysis) is 1. The lowest BCUT2D eigenvalue weighted by Gasteiger charge is -2.05. The molecule has 0 fully saturated rings. The standard InChI is InChI=1S/C19H20N2O4/c1-2-24-18(22)17-12-6-10-16(21-17)11-7-13-20-19(23)25-14-15-8-4-3-5-9-15/h3-12H,2,13-14H2,1H3,(H,20,23). The second kappa shape index (κ2) is 9.87. The number of rotatable bonds is 7. The number of benzene rings is 1. The molecule has 0 radical (unpaired) electrons. The summed E-state index contributed by atoms with van der Waals surface area (Å²) in [6, 6.07) is 14.5. The van der Waals surface area contributed by atoms with Gasteiger partial charge in [-0.2, -0.15) is 0 Å². The number of aromatic nitrogens is 1. The summed E-state index contributed by atoms with van der Waals surface area (Å²) in [5, 5.41) is 2.61. The number of carbonyl (C=O) groups is 2. The van der Waals surface area contributed by atoms with Crippen molar-refractivity contribution in [3.8, 4) is 0 Å². The molecule has 1 N–H and O–H groups in total. The Balaban J connectivity index is 1.76. The van der Waals surface area contributed by atoms with Gasteiger partial charge in [0.05, 0.1) is 12.3 Å². The zero-order valence-corrected chi connectivity index (χ0v) is 14.0. The highest BCUT2D eigenvalue weighted by molar-refractivity contribution is 5.87. The molecule has 1 heterocycles. The molecular weight excluding hydrogens is 320 g/mol.